The molecular weight excluding hydrogens is 479 g/mol. The highest BCUT2D eigenvalue weighted by Crippen LogP contribution is 2.50. The number of ether oxygens (including phenoxy) is 2. The van der Waals surface area contributed by atoms with Gasteiger partial charge in [0.2, 0.25) is 11.3 Å². The summed E-state index contributed by atoms with van der Waals surface area (Å²) in [7, 11) is 2.69. The zero-order chi connectivity index (χ0) is 24.2. The van der Waals surface area contributed by atoms with Crippen molar-refractivity contribution in [1.29, 1.82) is 0 Å². The van der Waals surface area contributed by atoms with Crippen molar-refractivity contribution < 1.29 is 24.2 Å². The Bertz CT molecular complexity index is 1500. The zero-order valence-corrected chi connectivity index (χ0v) is 19.5. The summed E-state index contributed by atoms with van der Waals surface area (Å²) in [6.45, 7) is 0. The number of phenols is 1. The summed E-state index contributed by atoms with van der Waals surface area (Å²) < 4.78 is 10.3. The quantitative estimate of drug-likeness (QED) is 0.253. The predicted molar refractivity (Wildman–Crippen MR) is 130 cm³/mol. The van der Waals surface area contributed by atoms with Crippen molar-refractivity contribution in [3.05, 3.63) is 75.8 Å². The van der Waals surface area contributed by atoms with Crippen molar-refractivity contribution in [2.75, 3.05) is 19.5 Å². The Kier molecular flexibility index (Phi) is 5.19. The Morgan fingerprint density at radius 2 is 1.79 bits per heavy atom. The average Bonchev–Trinajstić information content (AvgIpc) is 3.35. The van der Waals surface area contributed by atoms with E-state index in [4.69, 9.17) is 32.7 Å². The largest absolute Gasteiger partial charge is 0.507 e. The minimum absolute atomic E-state index is 0.101. The lowest BCUT2D eigenvalue weighted by molar-refractivity contribution is -0.144. The van der Waals surface area contributed by atoms with Crippen molar-refractivity contribution in [1.82, 2.24) is 4.98 Å². The number of phenolic OH excluding ortho intramolecular Hbond substituents is 1. The maximum absolute atomic E-state index is 14.0. The average molecular weight is 497 g/mol. The zero-order valence-electron chi connectivity index (χ0n) is 18.0. The Hall–Kier alpha value is -3.68. The van der Waals surface area contributed by atoms with Crippen LogP contribution in [0.3, 0.4) is 0 Å². The van der Waals surface area contributed by atoms with Gasteiger partial charge in [-0.15, -0.1) is 0 Å². The molecule has 0 aliphatic carbocycles. The van der Waals surface area contributed by atoms with Gasteiger partial charge in [0.05, 0.1) is 30.6 Å². The summed E-state index contributed by atoms with van der Waals surface area (Å²) in [6, 6.07) is 14.9. The first-order valence-electron chi connectivity index (χ1n) is 10.2. The second kappa shape index (κ2) is 7.97. The molecule has 1 aliphatic rings. The molecule has 9 heteroatoms. The lowest BCUT2D eigenvalue weighted by atomic mass is 9.82. The molecule has 1 unspecified atom stereocenters. The van der Waals surface area contributed by atoms with Crippen LogP contribution in [0.15, 0.2) is 54.6 Å². The monoisotopic (exact) mass is 496 g/mol. The lowest BCUT2D eigenvalue weighted by Crippen LogP contribution is -2.47. The van der Waals surface area contributed by atoms with E-state index < -0.39 is 17.3 Å². The Labute approximate surface area is 204 Å². The molecule has 0 saturated carbocycles. The van der Waals surface area contributed by atoms with E-state index in [0.29, 0.717) is 33.5 Å². The molecule has 7 nitrogen and oxygen atoms in total. The van der Waals surface area contributed by atoms with Gasteiger partial charge >= 0.3 is 5.97 Å². The summed E-state index contributed by atoms with van der Waals surface area (Å²) in [6.07, 6.45) is 0. The van der Waals surface area contributed by atoms with E-state index in [-0.39, 0.29) is 27.0 Å². The maximum atomic E-state index is 14.0. The van der Waals surface area contributed by atoms with E-state index >= 15 is 0 Å². The topological polar surface area (TPSA) is 101 Å². The molecule has 0 bridgehead atoms. The van der Waals surface area contributed by atoms with Crippen LogP contribution in [0.25, 0.3) is 22.2 Å². The number of ketones is 1. The molecule has 0 saturated heterocycles. The molecule has 172 valence electrons. The Morgan fingerprint density at radius 3 is 2.50 bits per heavy atom. The highest BCUT2D eigenvalue weighted by atomic mass is 35.5. The Balaban J connectivity index is 1.87. The van der Waals surface area contributed by atoms with Gasteiger partial charge in [-0.3, -0.25) is 4.79 Å². The van der Waals surface area contributed by atoms with Gasteiger partial charge < -0.3 is 24.9 Å². The molecular formula is C25H18Cl2N2O5. The van der Waals surface area contributed by atoms with Crippen molar-refractivity contribution in [2.45, 2.75) is 5.54 Å². The second-order valence-electron chi connectivity index (χ2n) is 7.81. The third kappa shape index (κ3) is 3.04. The fourth-order valence-corrected chi connectivity index (χ4v) is 5.02. The number of anilines is 1. The molecule has 1 aliphatic heterocycles. The number of nitrogens with one attached hydrogen (secondary N) is 2. The number of para-hydroxylation sites is 1. The molecule has 4 aromatic rings. The summed E-state index contributed by atoms with van der Waals surface area (Å²) in [5.41, 5.74) is 0.138. The standard InChI is InChI=1S/C25H18Cl2N2O5/c1-33-13-7-8-15(19(30)11-13)22-20(14-5-3-4-6-18(14)28-22)25(24(32)34-2)23(31)16-9-12(26)10-17(27)21(16)29-25/h3-11,28-30H,1-2H3. The fraction of sp³-hybridized carbons (Fsp3) is 0.120. The summed E-state index contributed by atoms with van der Waals surface area (Å²) in [4.78, 5) is 30.7. The number of hydrogen-bond acceptors (Lipinski definition) is 6. The van der Waals surface area contributed by atoms with Crippen LogP contribution in [-0.2, 0) is 15.1 Å². The first kappa shape index (κ1) is 22.1. The minimum atomic E-state index is -1.98. The number of aromatic nitrogens is 1. The van der Waals surface area contributed by atoms with Crippen molar-refractivity contribution in [3.63, 3.8) is 0 Å². The van der Waals surface area contributed by atoms with Crippen LogP contribution in [0, 0.1) is 0 Å². The number of aromatic amines is 1. The van der Waals surface area contributed by atoms with Crippen LogP contribution >= 0.6 is 23.2 Å². The molecule has 1 aromatic heterocycles. The van der Waals surface area contributed by atoms with Crippen molar-refractivity contribution in [2.24, 2.45) is 0 Å². The van der Waals surface area contributed by atoms with Gasteiger partial charge in [0.1, 0.15) is 11.5 Å². The first-order chi connectivity index (χ1) is 16.3. The SMILES string of the molecule is COC(=O)C1(c2c(-c3ccc(OC)cc3O)[nH]c3ccccc23)Nc2c(Cl)cc(Cl)cc2C1=O. The van der Waals surface area contributed by atoms with Gasteiger partial charge in [0.15, 0.2) is 0 Å². The molecule has 1 atom stereocenters. The molecule has 2 heterocycles. The molecule has 34 heavy (non-hydrogen) atoms. The predicted octanol–water partition coefficient (Wildman–Crippen LogP) is 5.53. The highest BCUT2D eigenvalue weighted by Gasteiger charge is 2.57. The molecule has 5 rings (SSSR count). The number of halogens is 2. The molecule has 0 amide bonds. The van der Waals surface area contributed by atoms with Gasteiger partial charge in [-0.25, -0.2) is 4.79 Å². The number of methoxy groups -OCH3 is 2. The number of aromatic hydroxyl groups is 1. The first-order valence-corrected chi connectivity index (χ1v) is 11.0. The van der Waals surface area contributed by atoms with E-state index in [2.05, 4.69) is 10.3 Å². The van der Waals surface area contributed by atoms with E-state index in [1.807, 2.05) is 12.1 Å². The number of Topliss-reactive ketones (excluding diaryl/α,β-unsaturated/α-hetero) is 1. The highest BCUT2D eigenvalue weighted by molar-refractivity contribution is 6.40. The van der Waals surface area contributed by atoms with Gasteiger partial charge in [-0.05, 0) is 30.3 Å². The smallest absolute Gasteiger partial charge is 0.344 e. The van der Waals surface area contributed by atoms with Crippen LogP contribution in [0.2, 0.25) is 10.0 Å². The minimum Gasteiger partial charge on any atom is -0.507 e. The van der Waals surface area contributed by atoms with Crippen molar-refractivity contribution >= 4 is 51.5 Å². The van der Waals surface area contributed by atoms with E-state index in [1.165, 1.54) is 32.4 Å². The molecule has 3 aromatic carbocycles. The van der Waals surface area contributed by atoms with E-state index in [1.54, 1.807) is 24.3 Å². The fourth-order valence-electron chi connectivity index (χ4n) is 4.48. The molecule has 0 spiro atoms. The second-order valence-corrected chi connectivity index (χ2v) is 8.65. The van der Waals surface area contributed by atoms with Gasteiger partial charge in [0.25, 0.3) is 0 Å². The number of H-pyrrole nitrogens is 1. The number of carbonyl (C=O) groups is 2. The van der Waals surface area contributed by atoms with Crippen LogP contribution in [-0.4, -0.2) is 36.1 Å². The number of rotatable bonds is 4. The number of carbonyl (C=O) groups excluding carboxylic acids is 2. The van der Waals surface area contributed by atoms with Crippen molar-refractivity contribution in [3.8, 4) is 22.8 Å². The number of benzene rings is 3. The molecule has 3 N–H and O–H groups in total. The van der Waals surface area contributed by atoms with E-state index in [0.717, 1.165) is 0 Å². The number of hydrogen-bond donors (Lipinski definition) is 3. The van der Waals surface area contributed by atoms with Gasteiger partial charge in [0, 0.05) is 38.7 Å². The molecule has 0 fully saturated rings. The summed E-state index contributed by atoms with van der Waals surface area (Å²) >= 11 is 12.6. The van der Waals surface area contributed by atoms with Crippen LogP contribution in [0.1, 0.15) is 15.9 Å². The Morgan fingerprint density at radius 1 is 1.03 bits per heavy atom. The summed E-state index contributed by atoms with van der Waals surface area (Å²) in [5.74, 6) is -1.06. The van der Waals surface area contributed by atoms with Crippen LogP contribution in [0.5, 0.6) is 11.5 Å². The van der Waals surface area contributed by atoms with Gasteiger partial charge in [-0.1, -0.05) is 41.4 Å². The van der Waals surface area contributed by atoms with Gasteiger partial charge in [-0.2, -0.15) is 0 Å². The van der Waals surface area contributed by atoms with E-state index in [9.17, 15) is 14.7 Å². The number of fused-ring (bicyclic) bond motifs is 2. The third-order valence-electron chi connectivity index (χ3n) is 6.00. The normalized spacial score (nSPS) is 16.9. The third-order valence-corrected chi connectivity index (χ3v) is 6.52. The maximum Gasteiger partial charge on any atom is 0.344 e. The number of esters is 1. The molecule has 0 radical (unpaired) electrons. The van der Waals surface area contributed by atoms with Crippen LogP contribution < -0.4 is 10.1 Å². The summed E-state index contributed by atoms with van der Waals surface area (Å²) in [5, 5.41) is 14.9. The van der Waals surface area contributed by atoms with Crippen LogP contribution in [0.4, 0.5) is 5.69 Å². The lowest BCUT2D eigenvalue weighted by Gasteiger charge is -2.27.